The van der Waals surface area contributed by atoms with Gasteiger partial charge in [0.25, 0.3) is 0 Å². The van der Waals surface area contributed by atoms with Gasteiger partial charge in [0.05, 0.1) is 16.6 Å². The number of rotatable bonds is 7. The van der Waals surface area contributed by atoms with E-state index in [-0.39, 0.29) is 0 Å². The van der Waals surface area contributed by atoms with Crippen LogP contribution in [0.25, 0.3) is 66.3 Å². The Bertz CT molecular complexity index is 2830. The minimum absolute atomic E-state index is 1.11. The first-order chi connectivity index (χ1) is 26.3. The van der Waals surface area contributed by atoms with Gasteiger partial charge in [-0.15, -0.1) is 0 Å². The Kier molecular flexibility index (Phi) is 7.47. The normalized spacial score (nSPS) is 11.4. The summed E-state index contributed by atoms with van der Waals surface area (Å²) >= 11 is 0. The van der Waals surface area contributed by atoms with Crippen LogP contribution in [-0.2, 0) is 0 Å². The lowest BCUT2D eigenvalue weighted by Crippen LogP contribution is -2.09. The van der Waals surface area contributed by atoms with Crippen LogP contribution in [0.1, 0.15) is 0 Å². The molecule has 2 heterocycles. The monoisotopic (exact) mass is 677 g/mol. The van der Waals surface area contributed by atoms with Gasteiger partial charge in [0.1, 0.15) is 0 Å². The molecule has 0 aliphatic rings. The summed E-state index contributed by atoms with van der Waals surface area (Å²) in [5.41, 5.74) is 14.1. The second-order valence-electron chi connectivity index (χ2n) is 13.5. The smallest absolute Gasteiger partial charge is 0.0788 e. The topological polar surface area (TPSA) is 13.1 Å². The molecule has 0 unspecified atom stereocenters. The molecule has 10 aromatic rings. The number of hydrogen-bond donors (Lipinski definition) is 0. The summed E-state index contributed by atoms with van der Waals surface area (Å²) in [4.78, 5) is 2.31. The lowest BCUT2D eigenvalue weighted by molar-refractivity contribution is 1.12. The molecule has 0 bridgehead atoms. The van der Waals surface area contributed by atoms with Crippen molar-refractivity contribution in [3.63, 3.8) is 0 Å². The number of nitrogens with zero attached hydrogens (tertiary/aromatic N) is 3. The minimum atomic E-state index is 1.11. The molecule has 0 N–H and O–H groups in total. The average molecular weight is 678 g/mol. The Morgan fingerprint density at radius 1 is 0.321 bits per heavy atom. The van der Waals surface area contributed by atoms with Crippen LogP contribution in [0.15, 0.2) is 212 Å². The largest absolute Gasteiger partial charge is 0.315 e. The molecule has 2 aromatic heterocycles. The van der Waals surface area contributed by atoms with Crippen molar-refractivity contribution < 1.29 is 0 Å². The Balaban J connectivity index is 1.00. The van der Waals surface area contributed by atoms with E-state index >= 15 is 0 Å². The molecule has 0 amide bonds. The Hall–Kier alpha value is -7.10. The van der Waals surface area contributed by atoms with Crippen LogP contribution in [-0.4, -0.2) is 9.13 Å². The molecule has 8 aromatic carbocycles. The van der Waals surface area contributed by atoms with Crippen molar-refractivity contribution >= 4 is 49.8 Å². The third kappa shape index (κ3) is 5.38. The second-order valence-corrected chi connectivity index (χ2v) is 13.5. The predicted molar refractivity (Wildman–Crippen MR) is 223 cm³/mol. The van der Waals surface area contributed by atoms with Gasteiger partial charge in [-0.3, -0.25) is 0 Å². The molecule has 10 rings (SSSR count). The average Bonchev–Trinajstić information content (AvgIpc) is 3.82. The fourth-order valence-electron chi connectivity index (χ4n) is 7.81. The maximum Gasteiger partial charge on any atom is 0.0788 e. The summed E-state index contributed by atoms with van der Waals surface area (Å²) in [5.74, 6) is 0. The van der Waals surface area contributed by atoms with E-state index in [0.29, 0.717) is 0 Å². The zero-order chi connectivity index (χ0) is 35.1. The van der Waals surface area contributed by atoms with Crippen LogP contribution in [0.3, 0.4) is 0 Å². The van der Waals surface area contributed by atoms with E-state index in [4.69, 9.17) is 0 Å². The fourth-order valence-corrected chi connectivity index (χ4v) is 7.81. The second kappa shape index (κ2) is 12.9. The zero-order valence-electron chi connectivity index (χ0n) is 29.0. The van der Waals surface area contributed by atoms with Crippen molar-refractivity contribution in [2.75, 3.05) is 4.90 Å². The van der Waals surface area contributed by atoms with Gasteiger partial charge in [0.15, 0.2) is 0 Å². The maximum atomic E-state index is 2.41. The first kappa shape index (κ1) is 30.7. The van der Waals surface area contributed by atoms with E-state index in [9.17, 15) is 0 Å². The van der Waals surface area contributed by atoms with Crippen molar-refractivity contribution in [1.29, 1.82) is 0 Å². The number of hydrogen-bond acceptors (Lipinski definition) is 1. The van der Waals surface area contributed by atoms with Crippen LogP contribution in [0.4, 0.5) is 17.1 Å². The van der Waals surface area contributed by atoms with Gasteiger partial charge in [-0.1, -0.05) is 133 Å². The summed E-state index contributed by atoms with van der Waals surface area (Å²) in [7, 11) is 0. The number of para-hydroxylation sites is 3. The van der Waals surface area contributed by atoms with Crippen LogP contribution in [0.2, 0.25) is 0 Å². The molecule has 0 fully saturated rings. The van der Waals surface area contributed by atoms with E-state index in [1.54, 1.807) is 0 Å². The summed E-state index contributed by atoms with van der Waals surface area (Å²) in [6.07, 6.45) is 2.20. The molecule has 3 nitrogen and oxygen atoms in total. The minimum Gasteiger partial charge on any atom is -0.315 e. The molecule has 0 spiro atoms. The Labute approximate surface area is 308 Å². The van der Waals surface area contributed by atoms with Gasteiger partial charge in [-0.05, 0) is 95.1 Å². The van der Waals surface area contributed by atoms with Gasteiger partial charge in [-0.2, -0.15) is 0 Å². The van der Waals surface area contributed by atoms with Gasteiger partial charge in [0, 0.05) is 50.8 Å². The molecular formula is C50H35N3. The summed E-state index contributed by atoms with van der Waals surface area (Å²) in [6.45, 7) is 0. The van der Waals surface area contributed by atoms with E-state index in [0.717, 1.165) is 28.4 Å². The molecule has 0 radical (unpaired) electrons. The van der Waals surface area contributed by atoms with Crippen molar-refractivity contribution in [2.24, 2.45) is 0 Å². The van der Waals surface area contributed by atoms with E-state index in [2.05, 4.69) is 226 Å². The highest BCUT2D eigenvalue weighted by molar-refractivity contribution is 6.18. The lowest BCUT2D eigenvalue weighted by atomic mass is 10.0. The van der Waals surface area contributed by atoms with E-state index in [1.165, 1.54) is 55.0 Å². The molecule has 0 aliphatic carbocycles. The Morgan fingerprint density at radius 3 is 1.47 bits per heavy atom. The van der Waals surface area contributed by atoms with Gasteiger partial charge < -0.3 is 14.0 Å². The SMILES string of the molecule is c1ccc(-c2ccc(N(c3ccccc3)c3ccc(-c4ccc(-n5ccc6ccc7c8ccccc8n(-c8ccccc8)c7c65)cc4)cc3)cc2)cc1. The highest BCUT2D eigenvalue weighted by atomic mass is 15.1. The molecule has 0 aliphatic heterocycles. The van der Waals surface area contributed by atoms with Crippen LogP contribution in [0, 0.1) is 0 Å². The fraction of sp³-hybridized carbons (Fsp3) is 0. The number of fused-ring (bicyclic) bond motifs is 5. The molecule has 0 atom stereocenters. The third-order valence-corrected chi connectivity index (χ3v) is 10.4. The van der Waals surface area contributed by atoms with Crippen LogP contribution < -0.4 is 4.90 Å². The van der Waals surface area contributed by atoms with Crippen molar-refractivity contribution in [3.8, 4) is 33.6 Å². The molecular weight excluding hydrogens is 643 g/mol. The van der Waals surface area contributed by atoms with Crippen LogP contribution >= 0.6 is 0 Å². The van der Waals surface area contributed by atoms with E-state index < -0.39 is 0 Å². The van der Waals surface area contributed by atoms with Gasteiger partial charge in [-0.25, -0.2) is 0 Å². The Morgan fingerprint density at radius 2 is 0.830 bits per heavy atom. The number of aromatic nitrogens is 2. The third-order valence-electron chi connectivity index (χ3n) is 10.4. The molecule has 250 valence electrons. The quantitative estimate of drug-likeness (QED) is 0.164. The number of anilines is 3. The highest BCUT2D eigenvalue weighted by Crippen LogP contribution is 2.39. The molecule has 3 heteroatoms. The zero-order valence-corrected chi connectivity index (χ0v) is 29.0. The van der Waals surface area contributed by atoms with Gasteiger partial charge >= 0.3 is 0 Å². The highest BCUT2D eigenvalue weighted by Gasteiger charge is 2.18. The number of benzene rings is 8. The van der Waals surface area contributed by atoms with Crippen molar-refractivity contribution in [3.05, 3.63) is 212 Å². The van der Waals surface area contributed by atoms with Crippen molar-refractivity contribution in [2.45, 2.75) is 0 Å². The first-order valence-corrected chi connectivity index (χ1v) is 18.1. The van der Waals surface area contributed by atoms with Crippen LogP contribution in [0.5, 0.6) is 0 Å². The predicted octanol–water partition coefficient (Wildman–Crippen LogP) is 13.5. The van der Waals surface area contributed by atoms with E-state index in [1.807, 2.05) is 0 Å². The van der Waals surface area contributed by atoms with Gasteiger partial charge in [0.2, 0.25) is 0 Å². The summed E-state index contributed by atoms with van der Waals surface area (Å²) < 4.78 is 4.75. The maximum absolute atomic E-state index is 2.41. The standard InChI is InChI=1S/C50H35N3/c1-4-12-36(13-5-1)37-22-29-44(30-23-37)52(42-14-6-2-7-15-42)45-31-24-39(25-32-45)38-20-27-41(28-21-38)51-35-34-40-26-33-47-46-18-10-11-19-48(46)53(50(47)49(40)51)43-16-8-3-9-17-43/h1-35H. The summed E-state index contributed by atoms with van der Waals surface area (Å²) in [6, 6.07) is 73.9. The summed E-state index contributed by atoms with van der Waals surface area (Å²) in [5, 5.41) is 3.73. The first-order valence-electron chi connectivity index (χ1n) is 18.1. The van der Waals surface area contributed by atoms with Crippen molar-refractivity contribution in [1.82, 2.24) is 9.13 Å². The molecule has 53 heavy (non-hydrogen) atoms. The molecule has 0 saturated heterocycles. The molecule has 0 saturated carbocycles. The lowest BCUT2D eigenvalue weighted by Gasteiger charge is -2.26.